The molecular formula is C4H12O8S2. The molecule has 0 rings (SSSR count). The summed E-state index contributed by atoms with van der Waals surface area (Å²) in [6.07, 6.45) is 0. The molecule has 0 fully saturated rings. The van der Waals surface area contributed by atoms with Gasteiger partial charge in [0.1, 0.15) is 0 Å². The number of rotatable bonds is 2. The van der Waals surface area contributed by atoms with Crippen molar-refractivity contribution in [2.75, 3.05) is 14.2 Å². The Bertz CT molecular complexity index is 255. The van der Waals surface area contributed by atoms with E-state index in [1.807, 2.05) is 0 Å². The summed E-state index contributed by atoms with van der Waals surface area (Å²) in [4.78, 5) is 0. The second-order valence-corrected chi connectivity index (χ2v) is 3.45. The van der Waals surface area contributed by atoms with Crippen LogP contribution in [0.25, 0.3) is 0 Å². The average Bonchev–Trinajstić information content (AvgIpc) is 1.86. The summed E-state index contributed by atoms with van der Waals surface area (Å²) in [5.74, 6) is 0. The summed E-state index contributed by atoms with van der Waals surface area (Å²) < 4.78 is 62.0. The van der Waals surface area contributed by atoms with E-state index in [0.717, 1.165) is 14.2 Å². The third kappa shape index (κ3) is 42.0. The van der Waals surface area contributed by atoms with E-state index in [1.54, 1.807) is 0 Å². The Hall–Kier alpha value is -0.520. The summed E-state index contributed by atoms with van der Waals surface area (Å²) in [5.41, 5.74) is 0. The van der Waals surface area contributed by atoms with Gasteiger partial charge in [-0.3, -0.25) is 8.37 Å². The maximum Gasteiger partial charge on any atom is 0.217 e. The van der Waals surface area contributed by atoms with Crippen LogP contribution in [0.1, 0.15) is 0 Å². The molecule has 0 radical (unpaired) electrons. The average molecular weight is 252 g/mol. The van der Waals surface area contributed by atoms with Crippen LogP contribution in [0.15, 0.2) is 0 Å². The molecule has 10 heteroatoms. The van der Waals surface area contributed by atoms with E-state index in [2.05, 4.69) is 8.37 Å². The molecule has 0 unspecified atom stereocenters. The van der Waals surface area contributed by atoms with Gasteiger partial charge in [-0.05, 0) is 0 Å². The number of hydrogen-bond acceptors (Lipinski definition) is 8. The van der Waals surface area contributed by atoms with Crippen LogP contribution in [0.5, 0.6) is 0 Å². The van der Waals surface area contributed by atoms with Crippen LogP contribution < -0.4 is 0 Å². The zero-order valence-electron chi connectivity index (χ0n) is 8.08. The quantitative estimate of drug-likeness (QED) is 0.350. The van der Waals surface area contributed by atoms with Crippen molar-refractivity contribution in [1.82, 2.24) is 0 Å². The van der Waals surface area contributed by atoms with Gasteiger partial charge in [0, 0.05) is 14.9 Å². The summed E-state index contributed by atoms with van der Waals surface area (Å²) in [6, 6.07) is 0. The van der Waals surface area contributed by atoms with Gasteiger partial charge in [-0.25, -0.2) is 16.8 Å². The molecule has 0 aliphatic heterocycles. The van der Waals surface area contributed by atoms with Crippen LogP contribution in [0.2, 0.25) is 0 Å². The maximum absolute atomic E-state index is 9.22. The van der Waals surface area contributed by atoms with Gasteiger partial charge in [0.25, 0.3) is 0 Å². The lowest BCUT2D eigenvalue weighted by Crippen LogP contribution is -1.97. The van der Waals surface area contributed by atoms with Crippen LogP contribution in [0.3, 0.4) is 0 Å². The van der Waals surface area contributed by atoms with Crippen molar-refractivity contribution in [3.05, 3.63) is 14.9 Å². The smallest absolute Gasteiger partial charge is 0.217 e. The zero-order valence-corrected chi connectivity index (χ0v) is 9.72. The van der Waals surface area contributed by atoms with Gasteiger partial charge >= 0.3 is 0 Å². The Balaban J connectivity index is -0.0000000625. The zero-order chi connectivity index (χ0) is 10.4. The van der Waals surface area contributed by atoms with Crippen LogP contribution in [-0.4, -0.2) is 40.2 Å². The first-order valence-corrected chi connectivity index (χ1v) is 4.82. The summed E-state index contributed by atoms with van der Waals surface area (Å²) in [6.45, 7) is 0. The molecule has 14 heavy (non-hydrogen) atoms. The molecule has 0 spiro atoms. The monoisotopic (exact) mass is 252 g/mol. The van der Waals surface area contributed by atoms with Crippen molar-refractivity contribution < 1.29 is 34.3 Å². The summed E-state index contributed by atoms with van der Waals surface area (Å²) in [5, 5.41) is 0. The first-order valence-electron chi connectivity index (χ1n) is 2.15. The van der Waals surface area contributed by atoms with Gasteiger partial charge in [-0.1, -0.05) is 0 Å². The molecule has 0 bridgehead atoms. The van der Waals surface area contributed by atoms with Crippen molar-refractivity contribution in [2.45, 2.75) is 0 Å². The molecule has 0 aliphatic carbocycles. The molecule has 8 nitrogen and oxygen atoms in total. The maximum atomic E-state index is 9.22. The molecule has 0 saturated carbocycles. The predicted octanol–water partition coefficient (Wildman–Crippen LogP) is -0.913. The SMILES string of the molecule is COS(=O)(=O)[O-].COS(=O)(=O)[O-].[CH3+].[CH3+]. The van der Waals surface area contributed by atoms with E-state index in [9.17, 15) is 25.9 Å². The fourth-order valence-corrected chi connectivity index (χ4v) is 0. The molecule has 0 N–H and O–H groups in total. The van der Waals surface area contributed by atoms with Crippen molar-refractivity contribution in [1.29, 1.82) is 0 Å². The molecule has 0 heterocycles. The normalized spacial score (nSPS) is 10.0. The fraction of sp³-hybridized carbons (Fsp3) is 0.500. The van der Waals surface area contributed by atoms with Crippen LogP contribution in [0, 0.1) is 14.9 Å². The Kier molecular flexibility index (Phi) is 15.1. The van der Waals surface area contributed by atoms with Gasteiger partial charge in [-0.15, -0.1) is 0 Å². The molecule has 0 amide bonds. The van der Waals surface area contributed by atoms with Gasteiger partial charge in [-0.2, -0.15) is 0 Å². The lowest BCUT2D eigenvalue weighted by atomic mass is 11.8. The van der Waals surface area contributed by atoms with E-state index < -0.39 is 20.8 Å². The fourth-order valence-electron chi connectivity index (χ4n) is 0. The van der Waals surface area contributed by atoms with Gasteiger partial charge in [0.05, 0.1) is 14.2 Å². The highest BCUT2D eigenvalue weighted by molar-refractivity contribution is 7.81. The Morgan fingerprint density at radius 2 is 0.857 bits per heavy atom. The molecule has 0 aromatic rings. The van der Waals surface area contributed by atoms with Crippen molar-refractivity contribution in [3.63, 3.8) is 0 Å². The van der Waals surface area contributed by atoms with Crippen molar-refractivity contribution >= 4 is 20.8 Å². The molecular weight excluding hydrogens is 240 g/mol. The van der Waals surface area contributed by atoms with Gasteiger partial charge < -0.3 is 9.11 Å². The lowest BCUT2D eigenvalue weighted by molar-refractivity contribution is 0.312. The first kappa shape index (κ1) is 23.4. The summed E-state index contributed by atoms with van der Waals surface area (Å²) in [7, 11) is -7.21. The highest BCUT2D eigenvalue weighted by Crippen LogP contribution is 1.74. The van der Waals surface area contributed by atoms with Crippen LogP contribution in [-0.2, 0) is 29.2 Å². The highest BCUT2D eigenvalue weighted by atomic mass is 32.3. The Labute approximate surface area is 84.8 Å². The second-order valence-electron chi connectivity index (χ2n) is 1.15. The Morgan fingerprint density at radius 3 is 0.857 bits per heavy atom. The van der Waals surface area contributed by atoms with E-state index >= 15 is 0 Å². The lowest BCUT2D eigenvalue weighted by Gasteiger charge is -1.98. The van der Waals surface area contributed by atoms with E-state index in [-0.39, 0.29) is 14.9 Å². The summed E-state index contributed by atoms with van der Waals surface area (Å²) >= 11 is 0. The minimum atomic E-state index is -4.41. The highest BCUT2D eigenvalue weighted by Gasteiger charge is 1.79. The van der Waals surface area contributed by atoms with Gasteiger partial charge in [0.2, 0.25) is 20.8 Å². The standard InChI is InChI=1S/2CH4O4S.2CH3/c2*1-5-6(2,3)4;;/h2*1H3,(H,2,3,4);2*1H3/q;;2*+1/p-2. The minimum absolute atomic E-state index is 0. The molecule has 0 aromatic heterocycles. The molecule has 0 aliphatic rings. The number of hydrogen-bond donors (Lipinski definition) is 0. The molecule has 88 valence electrons. The van der Waals surface area contributed by atoms with Crippen molar-refractivity contribution in [2.24, 2.45) is 0 Å². The van der Waals surface area contributed by atoms with Crippen molar-refractivity contribution in [3.8, 4) is 0 Å². The first-order chi connectivity index (χ1) is 5.12. The molecule has 0 aromatic carbocycles. The predicted molar refractivity (Wildman–Crippen MR) is 46.2 cm³/mol. The molecule has 0 saturated heterocycles. The molecule has 0 atom stereocenters. The largest absolute Gasteiger partial charge is 0.726 e. The van der Waals surface area contributed by atoms with E-state index in [4.69, 9.17) is 0 Å². The second kappa shape index (κ2) is 9.05. The topological polar surface area (TPSA) is 133 Å². The van der Waals surface area contributed by atoms with E-state index in [0.29, 0.717) is 0 Å². The third-order valence-electron chi connectivity index (χ3n) is 0.408. The van der Waals surface area contributed by atoms with Crippen LogP contribution in [0.4, 0.5) is 0 Å². The van der Waals surface area contributed by atoms with Gasteiger partial charge in [0.15, 0.2) is 0 Å². The Morgan fingerprint density at radius 1 is 0.786 bits per heavy atom. The van der Waals surface area contributed by atoms with E-state index in [1.165, 1.54) is 0 Å². The minimum Gasteiger partial charge on any atom is -0.726 e. The van der Waals surface area contributed by atoms with Crippen LogP contribution >= 0.6 is 0 Å². The third-order valence-corrected chi connectivity index (χ3v) is 1.22.